The quantitative estimate of drug-likeness (QED) is 0.0262. The number of carbonyl (C=O) groups is 3. The van der Waals surface area contributed by atoms with E-state index in [2.05, 4.69) is 130 Å². The van der Waals surface area contributed by atoms with Gasteiger partial charge in [-0.2, -0.15) is 0 Å². The van der Waals surface area contributed by atoms with E-state index in [-0.39, 0.29) is 31.1 Å². The fourth-order valence-corrected chi connectivity index (χ4v) is 7.40. The van der Waals surface area contributed by atoms with E-state index in [1.54, 1.807) is 0 Å². The maximum absolute atomic E-state index is 12.8. The van der Waals surface area contributed by atoms with E-state index < -0.39 is 6.10 Å². The van der Waals surface area contributed by atoms with Crippen LogP contribution in [0.5, 0.6) is 0 Å². The summed E-state index contributed by atoms with van der Waals surface area (Å²) in [5.74, 6) is -0.961. The second-order valence-corrected chi connectivity index (χ2v) is 18.1. The van der Waals surface area contributed by atoms with Crippen LogP contribution >= 0.6 is 0 Å². The molecule has 0 radical (unpaired) electrons. The Morgan fingerprint density at radius 3 is 0.926 bits per heavy atom. The van der Waals surface area contributed by atoms with Crippen molar-refractivity contribution in [3.05, 3.63) is 109 Å². The Morgan fingerprint density at radius 1 is 0.309 bits per heavy atom. The van der Waals surface area contributed by atoms with E-state index in [4.69, 9.17) is 14.2 Å². The number of hydrogen-bond donors (Lipinski definition) is 0. The third-order valence-corrected chi connectivity index (χ3v) is 11.5. The van der Waals surface area contributed by atoms with Crippen molar-refractivity contribution in [3.8, 4) is 0 Å². The zero-order chi connectivity index (χ0) is 49.3. The number of hydrogen-bond acceptors (Lipinski definition) is 6. The Bertz CT molecular complexity index is 1410. The third-order valence-electron chi connectivity index (χ3n) is 11.5. The van der Waals surface area contributed by atoms with E-state index in [1.165, 1.54) is 70.6 Å². The molecule has 0 aliphatic carbocycles. The molecule has 6 nitrogen and oxygen atoms in total. The Hall–Kier alpha value is -3.93. The van der Waals surface area contributed by atoms with Crippen molar-refractivity contribution in [2.45, 2.75) is 252 Å². The molecule has 0 aromatic carbocycles. The van der Waals surface area contributed by atoms with Crippen LogP contribution in [-0.4, -0.2) is 37.2 Å². The predicted octanol–water partition coefficient (Wildman–Crippen LogP) is 18.7. The summed E-state index contributed by atoms with van der Waals surface area (Å²) in [7, 11) is 0. The van der Waals surface area contributed by atoms with Crippen LogP contribution in [0.15, 0.2) is 109 Å². The highest BCUT2D eigenvalue weighted by Crippen LogP contribution is 2.15. The smallest absolute Gasteiger partial charge is 0.306 e. The maximum Gasteiger partial charge on any atom is 0.306 e. The van der Waals surface area contributed by atoms with E-state index >= 15 is 0 Å². The molecule has 0 amide bonds. The molecule has 0 N–H and O–H groups in total. The van der Waals surface area contributed by atoms with Crippen molar-refractivity contribution in [3.63, 3.8) is 0 Å². The van der Waals surface area contributed by atoms with Crippen molar-refractivity contribution in [1.82, 2.24) is 0 Å². The molecular weight excluding hydrogens is 841 g/mol. The van der Waals surface area contributed by atoms with Gasteiger partial charge in [-0.3, -0.25) is 14.4 Å². The van der Waals surface area contributed by atoms with Crippen LogP contribution < -0.4 is 0 Å². The van der Waals surface area contributed by atoms with Crippen molar-refractivity contribution in [2.75, 3.05) is 13.2 Å². The summed E-state index contributed by atoms with van der Waals surface area (Å²) < 4.78 is 16.8. The lowest BCUT2D eigenvalue weighted by Crippen LogP contribution is -2.30. The molecule has 6 heteroatoms. The summed E-state index contributed by atoms with van der Waals surface area (Å²) in [6.07, 6.45) is 75.0. The summed E-state index contributed by atoms with van der Waals surface area (Å²) in [6, 6.07) is 0. The van der Waals surface area contributed by atoms with Crippen LogP contribution in [-0.2, 0) is 28.6 Å². The molecule has 386 valence electrons. The van der Waals surface area contributed by atoms with Crippen LogP contribution in [0.25, 0.3) is 0 Å². The minimum absolute atomic E-state index is 0.0989. The van der Waals surface area contributed by atoms with Crippen LogP contribution in [0.3, 0.4) is 0 Å². The fraction of sp³-hybridized carbons (Fsp3) is 0.661. The van der Waals surface area contributed by atoms with Gasteiger partial charge in [0, 0.05) is 19.3 Å². The topological polar surface area (TPSA) is 78.9 Å². The molecule has 0 heterocycles. The van der Waals surface area contributed by atoms with Gasteiger partial charge < -0.3 is 14.2 Å². The lowest BCUT2D eigenvalue weighted by atomic mass is 10.0. The minimum Gasteiger partial charge on any atom is -0.462 e. The number of ether oxygens (including phenoxy) is 3. The summed E-state index contributed by atoms with van der Waals surface area (Å²) >= 11 is 0. The molecule has 1 unspecified atom stereocenters. The molecule has 0 aliphatic heterocycles. The maximum atomic E-state index is 12.8. The first-order valence-electron chi connectivity index (χ1n) is 27.9. The van der Waals surface area contributed by atoms with Crippen molar-refractivity contribution >= 4 is 17.9 Å². The summed E-state index contributed by atoms with van der Waals surface area (Å²) in [5.41, 5.74) is 0. The van der Waals surface area contributed by atoms with E-state index in [0.29, 0.717) is 25.7 Å². The van der Waals surface area contributed by atoms with Crippen molar-refractivity contribution in [1.29, 1.82) is 0 Å². The lowest BCUT2D eigenvalue weighted by molar-refractivity contribution is -0.167. The highest BCUT2D eigenvalue weighted by Gasteiger charge is 2.19. The van der Waals surface area contributed by atoms with Gasteiger partial charge in [-0.25, -0.2) is 0 Å². The molecule has 0 rings (SSSR count). The number of rotatable bonds is 49. The molecule has 0 spiro atoms. The first kappa shape index (κ1) is 64.1. The molecule has 0 saturated carbocycles. The largest absolute Gasteiger partial charge is 0.462 e. The molecular formula is C62H102O6. The van der Waals surface area contributed by atoms with Gasteiger partial charge in [0.2, 0.25) is 0 Å². The highest BCUT2D eigenvalue weighted by atomic mass is 16.6. The van der Waals surface area contributed by atoms with Crippen LogP contribution in [0.1, 0.15) is 245 Å². The second-order valence-electron chi connectivity index (χ2n) is 18.1. The van der Waals surface area contributed by atoms with Gasteiger partial charge in [0.25, 0.3) is 0 Å². The molecule has 1 atom stereocenters. The lowest BCUT2D eigenvalue weighted by Gasteiger charge is -2.18. The molecule has 0 aromatic heterocycles. The van der Waals surface area contributed by atoms with Crippen LogP contribution in [0, 0.1) is 0 Å². The molecule has 0 aliphatic rings. The van der Waals surface area contributed by atoms with Crippen LogP contribution in [0.2, 0.25) is 0 Å². The highest BCUT2D eigenvalue weighted by molar-refractivity contribution is 5.71. The molecule has 68 heavy (non-hydrogen) atoms. The van der Waals surface area contributed by atoms with Gasteiger partial charge in [0.15, 0.2) is 6.10 Å². The first-order valence-corrected chi connectivity index (χ1v) is 27.9. The zero-order valence-electron chi connectivity index (χ0n) is 44.1. The van der Waals surface area contributed by atoms with Gasteiger partial charge in [-0.05, 0) is 103 Å². The van der Waals surface area contributed by atoms with Gasteiger partial charge in [0.05, 0.1) is 0 Å². The third kappa shape index (κ3) is 53.0. The Labute approximate surface area is 419 Å². The van der Waals surface area contributed by atoms with E-state index in [9.17, 15) is 14.4 Å². The number of allylic oxidation sites excluding steroid dienone is 18. The van der Waals surface area contributed by atoms with Gasteiger partial charge in [0.1, 0.15) is 13.2 Å². The van der Waals surface area contributed by atoms with Crippen molar-refractivity contribution in [2.24, 2.45) is 0 Å². The van der Waals surface area contributed by atoms with Gasteiger partial charge >= 0.3 is 17.9 Å². The average molecular weight is 943 g/mol. The van der Waals surface area contributed by atoms with Gasteiger partial charge in [-0.15, -0.1) is 0 Å². The number of esters is 3. The van der Waals surface area contributed by atoms with E-state index in [1.807, 2.05) is 0 Å². The minimum atomic E-state index is -0.805. The van der Waals surface area contributed by atoms with E-state index in [0.717, 1.165) is 128 Å². The standard InChI is InChI=1S/C62H102O6/c1-4-7-10-13-16-19-22-25-28-29-30-31-32-33-35-37-40-43-46-49-52-55-61(64)67-58-59(57-66-60(63)54-51-48-45-42-39-36-27-24-21-18-15-12-9-6-3)68-62(65)56-53-50-47-44-41-38-34-26-23-20-17-14-11-8-5-2/h7-8,10-11,16-17,19-20,25-26,28,30-31,33-35,40,43,59H,4-6,9,12-15,18,21-24,27,29,32,36-39,41-42,44-58H2,1-3H3/b10-7-,11-8-,19-16-,20-17-,28-25-,31-30-,34-26-,35-33-,43-40-. The number of carbonyl (C=O) groups excluding carboxylic acids is 3. The molecule has 0 bridgehead atoms. The van der Waals surface area contributed by atoms with Crippen LogP contribution in [0.4, 0.5) is 0 Å². The zero-order valence-corrected chi connectivity index (χ0v) is 44.1. The molecule has 0 aromatic rings. The first-order chi connectivity index (χ1) is 33.5. The predicted molar refractivity (Wildman–Crippen MR) is 293 cm³/mol. The van der Waals surface area contributed by atoms with Gasteiger partial charge in [-0.1, -0.05) is 233 Å². The molecule has 0 fully saturated rings. The SMILES string of the molecule is CC/C=C\C/C=C\C/C=C\C/C=C\C/C=C\C/C=C\CCCCC(=O)OCC(COC(=O)CCCCCCCCCCCCCCCC)OC(=O)CCCCCCC/C=C\C/C=C\C/C=C\CC. The second kappa shape index (κ2) is 55.7. The fourth-order valence-electron chi connectivity index (χ4n) is 7.40. The van der Waals surface area contributed by atoms with Crippen molar-refractivity contribution < 1.29 is 28.6 Å². The summed E-state index contributed by atoms with van der Waals surface area (Å²) in [4.78, 5) is 38.1. The monoisotopic (exact) mass is 943 g/mol. The normalized spacial score (nSPS) is 12.9. The number of unbranched alkanes of at least 4 members (excludes halogenated alkanes) is 20. The average Bonchev–Trinajstić information content (AvgIpc) is 3.34. The summed E-state index contributed by atoms with van der Waals surface area (Å²) in [5, 5.41) is 0. The summed E-state index contributed by atoms with van der Waals surface area (Å²) in [6.45, 7) is 6.36. The Balaban J connectivity index is 4.48. The Kier molecular flexibility index (Phi) is 52.4. The Morgan fingerprint density at radius 2 is 0.574 bits per heavy atom. The molecule has 0 saturated heterocycles.